The lowest BCUT2D eigenvalue weighted by Crippen LogP contribution is -2.40. The number of hydrogen-bond acceptors (Lipinski definition) is 7. The van der Waals surface area contributed by atoms with E-state index in [4.69, 9.17) is 0 Å². The zero-order valence-corrected chi connectivity index (χ0v) is 19.5. The molecule has 2 unspecified atom stereocenters. The van der Waals surface area contributed by atoms with Crippen LogP contribution in [0.5, 0.6) is 0 Å². The molecule has 2 atom stereocenters. The van der Waals surface area contributed by atoms with Crippen LogP contribution in [0.3, 0.4) is 0 Å². The fourth-order valence-corrected chi connectivity index (χ4v) is 6.30. The Balaban J connectivity index is 1.05. The molecule has 10 heteroatoms. The van der Waals surface area contributed by atoms with E-state index in [1.165, 1.54) is 31.4 Å². The predicted molar refractivity (Wildman–Crippen MR) is 119 cm³/mol. The van der Waals surface area contributed by atoms with Gasteiger partial charge in [0.25, 0.3) is 0 Å². The number of aliphatic hydroxyl groups is 1. The first kappa shape index (κ1) is 20.9. The lowest BCUT2D eigenvalue weighted by molar-refractivity contribution is 0.132. The number of aromatic nitrogens is 9. The maximum atomic E-state index is 10.0. The monoisotopic (exact) mass is 451 g/mol. The van der Waals surface area contributed by atoms with Crippen LogP contribution in [0.2, 0.25) is 0 Å². The Morgan fingerprint density at radius 3 is 2.36 bits per heavy atom. The first-order valence-electron chi connectivity index (χ1n) is 12.3. The van der Waals surface area contributed by atoms with E-state index in [0.29, 0.717) is 17.8 Å². The van der Waals surface area contributed by atoms with Crippen LogP contribution in [0.4, 0.5) is 0 Å². The highest BCUT2D eigenvalue weighted by molar-refractivity contribution is 5.26. The molecule has 0 aliphatic heterocycles. The third kappa shape index (κ3) is 3.68. The minimum absolute atomic E-state index is 0.0697. The molecule has 33 heavy (non-hydrogen) atoms. The summed E-state index contributed by atoms with van der Waals surface area (Å²) in [7, 11) is 1.85. The lowest BCUT2D eigenvalue weighted by atomic mass is 9.61. The third-order valence-electron chi connectivity index (χ3n) is 8.44. The number of hydrogen-bond donors (Lipinski definition) is 1. The molecule has 10 nitrogen and oxygen atoms in total. The van der Waals surface area contributed by atoms with Crippen LogP contribution in [0, 0.1) is 11.8 Å². The van der Waals surface area contributed by atoms with Crippen molar-refractivity contribution < 1.29 is 5.11 Å². The van der Waals surface area contributed by atoms with Gasteiger partial charge in [0.1, 0.15) is 0 Å². The van der Waals surface area contributed by atoms with Crippen molar-refractivity contribution in [1.29, 1.82) is 0 Å². The Morgan fingerprint density at radius 1 is 0.909 bits per heavy atom. The largest absolute Gasteiger partial charge is 0.395 e. The molecule has 3 saturated carbocycles. The number of rotatable bonds is 8. The highest BCUT2D eigenvalue weighted by Gasteiger charge is 2.57. The molecule has 3 aliphatic rings. The molecule has 0 saturated heterocycles. The normalized spacial score (nSPS) is 31.7. The van der Waals surface area contributed by atoms with Crippen molar-refractivity contribution >= 4 is 0 Å². The van der Waals surface area contributed by atoms with Gasteiger partial charge in [0, 0.05) is 55.5 Å². The first-order chi connectivity index (χ1) is 16.0. The van der Waals surface area contributed by atoms with Gasteiger partial charge in [0.05, 0.1) is 23.7 Å². The van der Waals surface area contributed by atoms with Crippen LogP contribution in [-0.2, 0) is 31.0 Å². The van der Waals surface area contributed by atoms with Gasteiger partial charge in [-0.05, 0) is 43.9 Å². The van der Waals surface area contributed by atoms with Crippen molar-refractivity contribution in [3.63, 3.8) is 0 Å². The maximum Gasteiger partial charge on any atom is 0.0915 e. The van der Waals surface area contributed by atoms with E-state index in [1.54, 1.807) is 4.68 Å². The van der Waals surface area contributed by atoms with Gasteiger partial charge in [-0.3, -0.25) is 14.0 Å². The second-order valence-electron chi connectivity index (χ2n) is 11.0. The Morgan fingerprint density at radius 2 is 1.64 bits per heavy atom. The maximum absolute atomic E-state index is 10.0. The van der Waals surface area contributed by atoms with Crippen LogP contribution in [0.15, 0.2) is 18.6 Å². The zero-order valence-electron chi connectivity index (χ0n) is 19.5. The predicted octanol–water partition coefficient (Wildman–Crippen LogP) is 1.97. The summed E-state index contributed by atoms with van der Waals surface area (Å²) < 4.78 is 5.68. The smallest absolute Gasteiger partial charge is 0.0915 e. The molecule has 3 aliphatic carbocycles. The van der Waals surface area contributed by atoms with Gasteiger partial charge < -0.3 is 5.11 Å². The van der Waals surface area contributed by atoms with Crippen molar-refractivity contribution in [3.8, 4) is 0 Å². The van der Waals surface area contributed by atoms with E-state index in [0.717, 1.165) is 43.7 Å². The Labute approximate surface area is 193 Å². The number of aliphatic hydroxyl groups excluding tert-OH is 1. The topological polar surface area (TPSA) is 112 Å². The quantitative estimate of drug-likeness (QED) is 0.557. The Kier molecular flexibility index (Phi) is 4.90. The molecule has 0 aromatic carbocycles. The molecule has 0 spiro atoms. The molecule has 3 fully saturated rings. The molecule has 176 valence electrons. The van der Waals surface area contributed by atoms with E-state index >= 15 is 0 Å². The van der Waals surface area contributed by atoms with E-state index in [9.17, 15) is 5.11 Å². The molecule has 6 rings (SSSR count). The van der Waals surface area contributed by atoms with Crippen LogP contribution in [0.1, 0.15) is 74.9 Å². The summed E-state index contributed by atoms with van der Waals surface area (Å²) in [6, 6.07) is 0. The van der Waals surface area contributed by atoms with Gasteiger partial charge in [-0.15, -0.1) is 15.3 Å². The van der Waals surface area contributed by atoms with Gasteiger partial charge >= 0.3 is 0 Å². The molecular weight excluding hydrogens is 418 g/mol. The average molecular weight is 452 g/mol. The Hall–Kier alpha value is -2.62. The minimum Gasteiger partial charge on any atom is -0.395 e. The SMILES string of the molecule is Cn1cc(C2(CO)CC2Cn2cc(C3(C)CC(Cn4cc(C5CCCC5)nn4)C3)nn2)nn1. The minimum atomic E-state index is -0.291. The van der Waals surface area contributed by atoms with Crippen molar-refractivity contribution in [2.24, 2.45) is 18.9 Å². The van der Waals surface area contributed by atoms with Gasteiger partial charge in [0.2, 0.25) is 0 Å². The molecule has 3 aromatic heterocycles. The van der Waals surface area contributed by atoms with Crippen molar-refractivity contribution in [2.75, 3.05) is 6.61 Å². The van der Waals surface area contributed by atoms with Gasteiger partial charge in [-0.25, -0.2) is 0 Å². The molecule has 0 radical (unpaired) electrons. The van der Waals surface area contributed by atoms with Crippen molar-refractivity contribution in [1.82, 2.24) is 45.0 Å². The van der Waals surface area contributed by atoms with Crippen LogP contribution < -0.4 is 0 Å². The fraction of sp³-hybridized carbons (Fsp3) is 0.739. The second-order valence-corrected chi connectivity index (χ2v) is 11.0. The zero-order chi connectivity index (χ0) is 22.6. The van der Waals surface area contributed by atoms with E-state index in [2.05, 4.69) is 50.3 Å². The van der Waals surface area contributed by atoms with E-state index in [1.807, 2.05) is 22.6 Å². The van der Waals surface area contributed by atoms with Crippen LogP contribution in [-0.4, -0.2) is 56.7 Å². The first-order valence-corrected chi connectivity index (χ1v) is 12.3. The van der Waals surface area contributed by atoms with Gasteiger partial charge in [0.15, 0.2) is 0 Å². The van der Waals surface area contributed by atoms with Crippen molar-refractivity contribution in [3.05, 3.63) is 35.7 Å². The van der Waals surface area contributed by atoms with Crippen LogP contribution >= 0.6 is 0 Å². The standard InChI is InChI=1S/C23H33N9O/c1-22(7-16(8-22)10-31-12-19(24-28-31)17-5-3-4-6-17)20-14-32(29-25-20)11-18-9-23(18,15-33)21-13-30(2)27-26-21/h12-14,16-18,33H,3-11,15H2,1-2H3. The van der Waals surface area contributed by atoms with E-state index in [-0.39, 0.29) is 17.4 Å². The van der Waals surface area contributed by atoms with Gasteiger partial charge in [-0.2, -0.15) is 0 Å². The highest BCUT2D eigenvalue weighted by Crippen LogP contribution is 2.54. The summed E-state index contributed by atoms with van der Waals surface area (Å²) in [6.45, 7) is 4.05. The molecule has 0 amide bonds. The summed E-state index contributed by atoms with van der Waals surface area (Å²) >= 11 is 0. The van der Waals surface area contributed by atoms with Crippen LogP contribution in [0.25, 0.3) is 0 Å². The second kappa shape index (κ2) is 7.72. The average Bonchev–Trinajstić information content (AvgIpc) is 3.39. The third-order valence-corrected chi connectivity index (χ3v) is 8.44. The number of nitrogens with zero attached hydrogens (tertiary/aromatic N) is 9. The fourth-order valence-electron chi connectivity index (χ4n) is 6.30. The summed E-state index contributed by atoms with van der Waals surface area (Å²) in [5.74, 6) is 1.52. The molecule has 3 aromatic rings. The Bertz CT molecular complexity index is 1120. The van der Waals surface area contributed by atoms with Gasteiger partial charge in [-0.1, -0.05) is 35.4 Å². The molecular formula is C23H33N9O. The molecule has 0 bridgehead atoms. The lowest BCUT2D eigenvalue weighted by Gasteiger charge is -2.43. The molecule has 3 heterocycles. The van der Waals surface area contributed by atoms with Crippen molar-refractivity contribution in [2.45, 2.75) is 81.7 Å². The molecule has 1 N–H and O–H groups in total. The highest BCUT2D eigenvalue weighted by atomic mass is 16.3. The summed E-state index contributed by atoms with van der Waals surface area (Å²) in [6.07, 6.45) is 14.4. The van der Waals surface area contributed by atoms with E-state index < -0.39 is 0 Å². The summed E-state index contributed by atoms with van der Waals surface area (Å²) in [4.78, 5) is 0. The number of aryl methyl sites for hydroxylation is 1. The summed E-state index contributed by atoms with van der Waals surface area (Å²) in [5, 5.41) is 36.1. The summed E-state index contributed by atoms with van der Waals surface area (Å²) in [5.41, 5.74) is 2.90.